The van der Waals surface area contributed by atoms with E-state index < -0.39 is 23.3 Å². The van der Waals surface area contributed by atoms with Gasteiger partial charge in [0.15, 0.2) is 22.5 Å². The Kier molecular flexibility index (Phi) is 5.72. The number of carbonyl (C=O) groups excluding carboxylic acids is 1. The minimum absolute atomic E-state index is 0.0701. The topological polar surface area (TPSA) is 70.4 Å². The normalized spacial score (nSPS) is 14.2. The Hall–Kier alpha value is -2.94. The summed E-state index contributed by atoms with van der Waals surface area (Å²) < 4.78 is 28.9. The number of halogens is 2. The van der Waals surface area contributed by atoms with Crippen molar-refractivity contribution in [3.05, 3.63) is 58.4 Å². The molecule has 0 atom stereocenters. The number of aromatic nitrogens is 2. The maximum atomic E-state index is 13.6. The summed E-state index contributed by atoms with van der Waals surface area (Å²) in [7, 11) is 0. The smallest absolute Gasteiger partial charge is 0.272 e. The van der Waals surface area contributed by atoms with Crippen LogP contribution in [0.3, 0.4) is 0 Å². The molecule has 0 spiro atoms. The van der Waals surface area contributed by atoms with Gasteiger partial charge in [0.25, 0.3) is 5.91 Å². The van der Waals surface area contributed by atoms with Gasteiger partial charge < -0.3 is 19.9 Å². The van der Waals surface area contributed by atoms with Gasteiger partial charge >= 0.3 is 0 Å². The van der Waals surface area contributed by atoms with Crippen molar-refractivity contribution in [3.63, 3.8) is 0 Å². The van der Waals surface area contributed by atoms with Gasteiger partial charge in [0, 0.05) is 42.5 Å². The highest BCUT2D eigenvalue weighted by atomic mass is 32.1. The van der Waals surface area contributed by atoms with Crippen LogP contribution < -0.4 is 10.2 Å². The van der Waals surface area contributed by atoms with Crippen LogP contribution in [0.15, 0.2) is 29.8 Å². The Labute approximate surface area is 176 Å². The summed E-state index contributed by atoms with van der Waals surface area (Å²) in [5.74, 6) is -3.84. The molecule has 3 aromatic rings. The molecular weight excluding hydrogens is 410 g/mol. The van der Waals surface area contributed by atoms with Gasteiger partial charge in [-0.1, -0.05) is 0 Å². The lowest BCUT2D eigenvalue weighted by Gasteiger charge is -2.25. The number of nitrogens with zero attached hydrogens (tertiary/aromatic N) is 3. The predicted molar refractivity (Wildman–Crippen MR) is 112 cm³/mol. The molecule has 0 bridgehead atoms. The molecule has 1 aliphatic rings. The summed E-state index contributed by atoms with van der Waals surface area (Å²) in [4.78, 5) is 19.7. The molecular formula is C21H22F2N4O2S. The zero-order valence-electron chi connectivity index (χ0n) is 16.5. The van der Waals surface area contributed by atoms with E-state index in [0.717, 1.165) is 41.6 Å². The van der Waals surface area contributed by atoms with Gasteiger partial charge in [0.2, 0.25) is 0 Å². The molecule has 3 heterocycles. The van der Waals surface area contributed by atoms with Gasteiger partial charge in [-0.15, -0.1) is 11.3 Å². The molecule has 1 aliphatic heterocycles. The fourth-order valence-electron chi connectivity index (χ4n) is 3.58. The van der Waals surface area contributed by atoms with Crippen LogP contribution in [0.1, 0.15) is 41.0 Å². The lowest BCUT2D eigenvalue weighted by molar-refractivity contribution is 0.101. The number of phenols is 1. The third-order valence-corrected chi connectivity index (χ3v) is 5.99. The highest BCUT2D eigenvalue weighted by Gasteiger charge is 2.18. The van der Waals surface area contributed by atoms with E-state index in [2.05, 4.69) is 10.2 Å². The number of carbonyl (C=O) groups is 1. The molecule has 1 saturated heterocycles. The van der Waals surface area contributed by atoms with E-state index in [1.807, 2.05) is 18.5 Å². The number of thiazole rings is 1. The zero-order chi connectivity index (χ0) is 21.3. The molecule has 0 saturated carbocycles. The molecule has 1 amide bonds. The number of phenolic OH excluding ortho intramolecular Hbond substituents is 1. The average Bonchev–Trinajstić information content (AvgIpc) is 3.33. The van der Waals surface area contributed by atoms with Crippen molar-refractivity contribution in [3.8, 4) is 5.75 Å². The quantitative estimate of drug-likeness (QED) is 0.582. The molecule has 4 rings (SSSR count). The number of aryl methyl sites for hydroxylation is 1. The predicted octanol–water partition coefficient (Wildman–Crippen LogP) is 4.53. The van der Waals surface area contributed by atoms with E-state index in [4.69, 9.17) is 4.98 Å². The fraction of sp³-hybridized carbons (Fsp3) is 0.333. The zero-order valence-corrected chi connectivity index (χ0v) is 17.3. The van der Waals surface area contributed by atoms with Crippen LogP contribution in [0.5, 0.6) is 5.75 Å². The first-order chi connectivity index (χ1) is 14.4. The highest BCUT2D eigenvalue weighted by molar-refractivity contribution is 7.13. The second-order valence-electron chi connectivity index (χ2n) is 7.44. The molecule has 0 aliphatic carbocycles. The lowest BCUT2D eigenvalue weighted by atomic mass is 10.1. The number of hydrogen-bond donors (Lipinski definition) is 2. The minimum atomic E-state index is -1.13. The van der Waals surface area contributed by atoms with Crippen LogP contribution in [0, 0.1) is 18.6 Å². The Morgan fingerprint density at radius 2 is 1.90 bits per heavy atom. The number of piperidine rings is 1. The molecule has 158 valence electrons. The number of amides is 1. The molecule has 1 aromatic carbocycles. The van der Waals surface area contributed by atoms with Crippen molar-refractivity contribution in [2.24, 2.45) is 0 Å². The number of anilines is 2. The van der Waals surface area contributed by atoms with Crippen LogP contribution in [0.2, 0.25) is 0 Å². The van der Waals surface area contributed by atoms with Gasteiger partial charge in [0.05, 0.1) is 12.2 Å². The van der Waals surface area contributed by atoms with E-state index >= 15 is 0 Å². The third-order valence-electron chi connectivity index (χ3n) is 5.04. The maximum absolute atomic E-state index is 13.6. The Balaban J connectivity index is 1.51. The molecule has 0 radical (unpaired) electrons. The van der Waals surface area contributed by atoms with Crippen LogP contribution >= 0.6 is 11.3 Å². The number of benzene rings is 1. The molecule has 2 aromatic heterocycles. The summed E-state index contributed by atoms with van der Waals surface area (Å²) >= 11 is 1.60. The van der Waals surface area contributed by atoms with Crippen molar-refractivity contribution >= 4 is 28.1 Å². The molecule has 9 heteroatoms. The number of rotatable bonds is 5. The summed E-state index contributed by atoms with van der Waals surface area (Å²) in [6, 6.07) is 3.46. The van der Waals surface area contributed by atoms with Crippen molar-refractivity contribution in [1.29, 1.82) is 0 Å². The van der Waals surface area contributed by atoms with Gasteiger partial charge in [-0.25, -0.2) is 13.8 Å². The molecule has 6 nitrogen and oxygen atoms in total. The summed E-state index contributed by atoms with van der Waals surface area (Å²) in [5, 5.41) is 14.7. The minimum Gasteiger partial charge on any atom is -0.503 e. The first-order valence-corrected chi connectivity index (χ1v) is 10.6. The fourth-order valence-corrected chi connectivity index (χ4v) is 4.45. The van der Waals surface area contributed by atoms with Crippen molar-refractivity contribution < 1.29 is 18.7 Å². The van der Waals surface area contributed by atoms with Crippen LogP contribution in [-0.4, -0.2) is 33.7 Å². The highest BCUT2D eigenvalue weighted by Crippen LogP contribution is 2.26. The van der Waals surface area contributed by atoms with Crippen molar-refractivity contribution in [1.82, 2.24) is 9.55 Å². The Bertz CT molecular complexity index is 1050. The number of hydrogen-bond acceptors (Lipinski definition) is 5. The van der Waals surface area contributed by atoms with Crippen LogP contribution in [-0.2, 0) is 6.54 Å². The first-order valence-electron chi connectivity index (χ1n) is 9.76. The van der Waals surface area contributed by atoms with Gasteiger partial charge in [-0.2, -0.15) is 0 Å². The van der Waals surface area contributed by atoms with Crippen molar-refractivity contribution in [2.45, 2.75) is 32.7 Å². The second-order valence-corrected chi connectivity index (χ2v) is 8.28. The van der Waals surface area contributed by atoms with Gasteiger partial charge in [-0.05, 0) is 37.8 Å². The molecule has 0 unspecified atom stereocenters. The first kappa shape index (κ1) is 20.3. The summed E-state index contributed by atoms with van der Waals surface area (Å²) in [6.07, 6.45) is 5.44. The second kappa shape index (κ2) is 8.43. The average molecular weight is 432 g/mol. The third kappa shape index (κ3) is 4.30. The summed E-state index contributed by atoms with van der Waals surface area (Å²) in [5.41, 5.74) is 2.02. The number of aromatic hydroxyl groups is 1. The SMILES string of the molecule is Cc1cc(C(=O)Nc2cc(F)c(O)c(F)c2)n(Cc2csc(N3CCCCC3)n2)c1. The number of nitrogens with one attached hydrogen (secondary N) is 1. The van der Waals surface area contributed by atoms with Crippen LogP contribution in [0.25, 0.3) is 0 Å². The van der Waals surface area contributed by atoms with Crippen molar-refractivity contribution in [2.75, 3.05) is 23.3 Å². The van der Waals surface area contributed by atoms with E-state index in [1.54, 1.807) is 22.0 Å². The van der Waals surface area contributed by atoms with E-state index in [9.17, 15) is 18.7 Å². The van der Waals surface area contributed by atoms with E-state index in [1.165, 1.54) is 19.3 Å². The maximum Gasteiger partial charge on any atom is 0.272 e. The molecule has 2 N–H and O–H groups in total. The Morgan fingerprint density at radius 3 is 2.60 bits per heavy atom. The largest absolute Gasteiger partial charge is 0.503 e. The van der Waals surface area contributed by atoms with E-state index in [-0.39, 0.29) is 5.69 Å². The monoisotopic (exact) mass is 432 g/mol. The molecule has 1 fully saturated rings. The van der Waals surface area contributed by atoms with Gasteiger partial charge in [-0.3, -0.25) is 4.79 Å². The van der Waals surface area contributed by atoms with E-state index in [0.29, 0.717) is 12.2 Å². The summed E-state index contributed by atoms with van der Waals surface area (Å²) in [6.45, 7) is 4.32. The van der Waals surface area contributed by atoms with Gasteiger partial charge in [0.1, 0.15) is 5.69 Å². The standard InChI is InChI=1S/C21H22F2N4O2S/c1-13-7-18(20(29)24-14-8-16(22)19(28)17(23)9-14)27(10-13)11-15-12-30-21(25-15)26-5-3-2-4-6-26/h7-10,12,28H,2-6,11H2,1H3,(H,24,29). The Morgan fingerprint density at radius 1 is 1.20 bits per heavy atom. The molecule has 30 heavy (non-hydrogen) atoms. The lowest BCUT2D eigenvalue weighted by Crippen LogP contribution is -2.29. The van der Waals surface area contributed by atoms with Crippen LogP contribution in [0.4, 0.5) is 19.6 Å².